The second-order valence-corrected chi connectivity index (χ2v) is 9.29. The molecule has 0 unspecified atom stereocenters. The lowest BCUT2D eigenvalue weighted by molar-refractivity contribution is -0.153. The molecule has 1 N–H and O–H groups in total. The fraction of sp³-hybridized carbons (Fsp3) is 0.435. The molecule has 0 aliphatic carbocycles. The van der Waals surface area contributed by atoms with Crippen molar-refractivity contribution in [2.24, 2.45) is 5.92 Å². The number of aromatic nitrogens is 3. The van der Waals surface area contributed by atoms with Crippen molar-refractivity contribution in [3.63, 3.8) is 0 Å². The Kier molecular flexibility index (Phi) is 7.23. The maximum Gasteiger partial charge on any atom is 0.422 e. The first-order valence-electron chi connectivity index (χ1n) is 10.8. The van der Waals surface area contributed by atoms with Gasteiger partial charge < -0.3 is 10.1 Å². The first-order chi connectivity index (χ1) is 15.8. The molecule has 0 bridgehead atoms. The second kappa shape index (κ2) is 10.1. The number of hydrogen-bond donors (Lipinski definition) is 1. The van der Waals surface area contributed by atoms with E-state index in [0.717, 1.165) is 30.9 Å². The van der Waals surface area contributed by atoms with E-state index in [2.05, 4.69) is 15.3 Å². The van der Waals surface area contributed by atoms with Crippen LogP contribution in [0.15, 0.2) is 47.4 Å². The van der Waals surface area contributed by atoms with Crippen molar-refractivity contribution in [2.45, 2.75) is 32.0 Å². The molecule has 1 aliphatic heterocycles. The summed E-state index contributed by atoms with van der Waals surface area (Å²) in [6.07, 6.45) is -0.518. The van der Waals surface area contributed by atoms with E-state index in [1.807, 2.05) is 18.7 Å². The van der Waals surface area contributed by atoms with Gasteiger partial charge in [-0.2, -0.15) is 24.9 Å². The van der Waals surface area contributed by atoms with Crippen molar-refractivity contribution in [3.8, 4) is 11.4 Å². The third kappa shape index (κ3) is 5.86. The van der Waals surface area contributed by atoms with Gasteiger partial charge in [0.25, 0.3) is 5.56 Å². The molecule has 10 heteroatoms. The number of ether oxygens (including phenoxy) is 1. The van der Waals surface area contributed by atoms with E-state index in [4.69, 9.17) is 4.74 Å². The summed E-state index contributed by atoms with van der Waals surface area (Å²) in [6, 6.07) is 9.06. The van der Waals surface area contributed by atoms with Gasteiger partial charge in [0.1, 0.15) is 11.6 Å². The van der Waals surface area contributed by atoms with Crippen LogP contribution in [0.3, 0.4) is 0 Å². The summed E-state index contributed by atoms with van der Waals surface area (Å²) in [4.78, 5) is 22.3. The summed E-state index contributed by atoms with van der Waals surface area (Å²) in [7, 11) is 0. The second-order valence-electron chi connectivity index (χ2n) is 8.07. The lowest BCUT2D eigenvalue weighted by Crippen LogP contribution is -2.33. The maximum absolute atomic E-state index is 13.4. The van der Waals surface area contributed by atoms with Crippen LogP contribution in [-0.4, -0.2) is 45.4 Å². The number of alkyl halides is 3. The highest BCUT2D eigenvalue weighted by Gasteiger charge is 2.28. The van der Waals surface area contributed by atoms with Gasteiger partial charge in [-0.1, -0.05) is 0 Å². The fourth-order valence-corrected chi connectivity index (χ4v) is 5.02. The molecule has 1 atom stereocenters. The Morgan fingerprint density at radius 3 is 2.64 bits per heavy atom. The minimum Gasteiger partial charge on any atom is -0.484 e. The Labute approximate surface area is 193 Å². The largest absolute Gasteiger partial charge is 0.484 e. The Hall–Kier alpha value is -2.59. The smallest absolute Gasteiger partial charge is 0.422 e. The lowest BCUT2D eigenvalue weighted by Gasteiger charge is -2.25. The Morgan fingerprint density at radius 1 is 1.21 bits per heavy atom. The molecule has 0 radical (unpaired) electrons. The van der Waals surface area contributed by atoms with Gasteiger partial charge in [-0.15, -0.1) is 0 Å². The van der Waals surface area contributed by atoms with Gasteiger partial charge >= 0.3 is 6.18 Å². The zero-order valence-corrected chi connectivity index (χ0v) is 19.0. The Morgan fingerprint density at radius 2 is 1.94 bits per heavy atom. The molecular weight excluding hydrogens is 453 g/mol. The number of benzene rings is 1. The van der Waals surface area contributed by atoms with Crippen LogP contribution in [0, 0.1) is 5.92 Å². The summed E-state index contributed by atoms with van der Waals surface area (Å²) in [5, 5.41) is 3.88. The van der Waals surface area contributed by atoms with Crippen molar-refractivity contribution < 1.29 is 17.9 Å². The van der Waals surface area contributed by atoms with Gasteiger partial charge in [-0.25, -0.2) is 9.97 Å². The Bertz CT molecular complexity index is 1150. The number of thioether (sulfide) groups is 1. The molecule has 1 aliphatic rings. The van der Waals surface area contributed by atoms with Crippen molar-refractivity contribution in [1.82, 2.24) is 19.9 Å². The van der Waals surface area contributed by atoms with E-state index < -0.39 is 12.8 Å². The van der Waals surface area contributed by atoms with Crippen LogP contribution in [0.2, 0.25) is 0 Å². The highest BCUT2D eigenvalue weighted by molar-refractivity contribution is 7.99. The SMILES string of the molecule is C[C@@H](NCC1CCSCC1)c1nc2ncccc2c(=O)n1-c1ccc(OCC(F)(F)F)cc1. The average molecular weight is 479 g/mol. The van der Waals surface area contributed by atoms with Crippen molar-refractivity contribution in [3.05, 3.63) is 58.8 Å². The molecule has 0 saturated carbocycles. The van der Waals surface area contributed by atoms with E-state index in [-0.39, 0.29) is 17.4 Å². The van der Waals surface area contributed by atoms with Crippen molar-refractivity contribution >= 4 is 22.8 Å². The molecule has 0 spiro atoms. The highest BCUT2D eigenvalue weighted by Crippen LogP contribution is 2.24. The van der Waals surface area contributed by atoms with E-state index in [0.29, 0.717) is 28.5 Å². The van der Waals surface area contributed by atoms with Crippen molar-refractivity contribution in [1.29, 1.82) is 0 Å². The molecular formula is C23H25F3N4O2S. The standard InChI is InChI=1S/C23H25F3N4O2S/c1-15(28-13-16-8-11-33-12-9-16)21-29-20-19(3-2-10-27-20)22(31)30(21)17-4-6-18(7-5-17)32-14-23(24,25)26/h2-7,10,15-16,28H,8-9,11-14H2,1H3/t15-/m1/s1. The summed E-state index contributed by atoms with van der Waals surface area (Å²) in [6.45, 7) is 1.40. The van der Waals surface area contributed by atoms with Crippen molar-refractivity contribution in [2.75, 3.05) is 24.7 Å². The van der Waals surface area contributed by atoms with Gasteiger partial charge in [0.05, 0.1) is 17.1 Å². The van der Waals surface area contributed by atoms with Crippen LogP contribution >= 0.6 is 11.8 Å². The number of nitrogens with one attached hydrogen (secondary N) is 1. The highest BCUT2D eigenvalue weighted by atomic mass is 32.2. The average Bonchev–Trinajstić information content (AvgIpc) is 2.82. The van der Waals surface area contributed by atoms with E-state index in [1.54, 1.807) is 30.5 Å². The van der Waals surface area contributed by atoms with Crippen LogP contribution in [0.1, 0.15) is 31.6 Å². The number of rotatable bonds is 7. The molecule has 2 aromatic heterocycles. The van der Waals surface area contributed by atoms with E-state index in [1.165, 1.54) is 16.7 Å². The number of hydrogen-bond acceptors (Lipinski definition) is 6. The molecule has 6 nitrogen and oxygen atoms in total. The quantitative estimate of drug-likeness (QED) is 0.539. The number of nitrogens with zero attached hydrogens (tertiary/aromatic N) is 3. The van der Waals surface area contributed by atoms with Gasteiger partial charge in [0.15, 0.2) is 12.3 Å². The molecule has 176 valence electrons. The molecule has 4 rings (SSSR count). The summed E-state index contributed by atoms with van der Waals surface area (Å²) >= 11 is 1.97. The minimum absolute atomic E-state index is 0.0717. The number of fused-ring (bicyclic) bond motifs is 1. The van der Waals surface area contributed by atoms with Gasteiger partial charge in [0, 0.05) is 6.20 Å². The van der Waals surface area contributed by atoms with E-state index >= 15 is 0 Å². The van der Waals surface area contributed by atoms with Crippen LogP contribution in [0.4, 0.5) is 13.2 Å². The third-order valence-corrected chi connectivity index (χ3v) is 6.66. The zero-order valence-electron chi connectivity index (χ0n) is 18.1. The predicted octanol–water partition coefficient (Wildman–Crippen LogP) is 4.52. The van der Waals surface area contributed by atoms with Gasteiger partial charge in [-0.05, 0) is 80.1 Å². The van der Waals surface area contributed by atoms with Gasteiger partial charge in [0.2, 0.25) is 0 Å². The maximum atomic E-state index is 13.4. The van der Waals surface area contributed by atoms with Gasteiger partial charge in [-0.3, -0.25) is 9.36 Å². The first kappa shape index (κ1) is 23.6. The normalized spacial score (nSPS) is 16.1. The first-order valence-corrected chi connectivity index (χ1v) is 12.0. The van der Waals surface area contributed by atoms with Crippen LogP contribution in [-0.2, 0) is 0 Å². The summed E-state index contributed by atoms with van der Waals surface area (Å²) in [5.41, 5.74) is 0.576. The van der Waals surface area contributed by atoms with Crippen LogP contribution < -0.4 is 15.6 Å². The van der Waals surface area contributed by atoms with Crippen LogP contribution in [0.25, 0.3) is 16.7 Å². The molecule has 3 aromatic rings. The Balaban J connectivity index is 1.65. The number of pyridine rings is 1. The monoisotopic (exact) mass is 478 g/mol. The molecule has 1 aromatic carbocycles. The fourth-order valence-electron chi connectivity index (χ4n) is 3.82. The predicted molar refractivity (Wildman–Crippen MR) is 123 cm³/mol. The number of halogens is 3. The molecule has 3 heterocycles. The summed E-state index contributed by atoms with van der Waals surface area (Å²) in [5.74, 6) is 3.47. The zero-order chi connectivity index (χ0) is 23.4. The molecule has 1 fully saturated rings. The van der Waals surface area contributed by atoms with E-state index in [9.17, 15) is 18.0 Å². The molecule has 1 saturated heterocycles. The lowest BCUT2D eigenvalue weighted by atomic mass is 10.0. The molecule has 33 heavy (non-hydrogen) atoms. The topological polar surface area (TPSA) is 69.0 Å². The molecule has 0 amide bonds. The third-order valence-electron chi connectivity index (χ3n) is 5.61. The van der Waals surface area contributed by atoms with Crippen LogP contribution in [0.5, 0.6) is 5.75 Å². The minimum atomic E-state index is -4.42. The summed E-state index contributed by atoms with van der Waals surface area (Å²) < 4.78 is 43.6.